The largest absolute Gasteiger partial charge is 0.365 e. The van der Waals surface area contributed by atoms with Crippen LogP contribution in [-0.2, 0) is 22.6 Å². The van der Waals surface area contributed by atoms with Crippen molar-refractivity contribution in [3.05, 3.63) is 57.6 Å². The lowest BCUT2D eigenvalue weighted by Gasteiger charge is -2.25. The monoisotopic (exact) mass is 435 g/mol. The van der Waals surface area contributed by atoms with E-state index in [1.807, 2.05) is 0 Å². The Balaban J connectivity index is 1.56. The molecule has 1 saturated heterocycles. The average Bonchev–Trinajstić information content (AvgIpc) is 2.74. The van der Waals surface area contributed by atoms with Crippen molar-refractivity contribution in [2.45, 2.75) is 26.0 Å². The number of carbonyl (C=O) groups excluding carboxylic acids is 1. The van der Waals surface area contributed by atoms with Crippen LogP contribution in [0.15, 0.2) is 29.2 Å². The lowest BCUT2D eigenvalue weighted by molar-refractivity contribution is -0.122. The van der Waals surface area contributed by atoms with Gasteiger partial charge in [-0.3, -0.25) is 24.4 Å². The molecule has 31 heavy (non-hydrogen) atoms. The molecule has 5 N–H and O–H groups in total. The molecule has 1 aromatic carbocycles. The molecule has 1 aliphatic rings. The summed E-state index contributed by atoms with van der Waals surface area (Å²) in [5.74, 6) is -1.62. The molecule has 1 atom stereocenters. The number of halogens is 2. The van der Waals surface area contributed by atoms with E-state index in [-0.39, 0.29) is 49.8 Å². The summed E-state index contributed by atoms with van der Waals surface area (Å²) in [4.78, 5) is 34.2. The van der Waals surface area contributed by atoms with Crippen LogP contribution < -0.4 is 27.0 Å². The van der Waals surface area contributed by atoms with Gasteiger partial charge in [0.15, 0.2) is 5.82 Å². The third-order valence-electron chi connectivity index (χ3n) is 4.62. The molecule has 10 nitrogen and oxygen atoms in total. The Morgan fingerprint density at radius 1 is 1.42 bits per heavy atom. The van der Waals surface area contributed by atoms with Crippen LogP contribution in [0.5, 0.6) is 0 Å². The summed E-state index contributed by atoms with van der Waals surface area (Å²) >= 11 is 0. The second-order valence-corrected chi connectivity index (χ2v) is 6.95. The zero-order chi connectivity index (χ0) is 22.4. The van der Waals surface area contributed by atoms with Gasteiger partial charge >= 0.3 is 0 Å². The fourth-order valence-corrected chi connectivity index (χ4v) is 2.91. The smallest absolute Gasteiger partial charge is 0.293 e. The molecule has 0 saturated carbocycles. The molecule has 0 aliphatic carbocycles. The molecule has 1 aromatic heterocycles. The Kier molecular flexibility index (Phi) is 7.13. The second kappa shape index (κ2) is 9.98. The van der Waals surface area contributed by atoms with Gasteiger partial charge in [-0.25, -0.2) is 19.2 Å². The highest BCUT2D eigenvalue weighted by Crippen LogP contribution is 2.10. The summed E-state index contributed by atoms with van der Waals surface area (Å²) in [6, 6.07) is 3.32. The number of aryl methyl sites for hydroxylation is 1. The lowest BCUT2D eigenvalue weighted by Crippen LogP contribution is -2.53. The predicted molar refractivity (Wildman–Crippen MR) is 109 cm³/mol. The summed E-state index contributed by atoms with van der Waals surface area (Å²) in [6.07, 6.45) is 1.32. The minimum absolute atomic E-state index is 0.0310. The van der Waals surface area contributed by atoms with E-state index in [4.69, 9.17) is 10.2 Å². The molecule has 166 valence electrons. The maximum atomic E-state index is 13.7. The van der Waals surface area contributed by atoms with Crippen LogP contribution in [0.25, 0.3) is 0 Å². The number of aromatic nitrogens is 2. The summed E-state index contributed by atoms with van der Waals surface area (Å²) in [6.45, 7) is 2.21. The number of hydroxylamine groups is 1. The van der Waals surface area contributed by atoms with E-state index in [2.05, 4.69) is 26.4 Å². The molecule has 1 aliphatic heterocycles. The molecule has 3 rings (SSSR count). The van der Waals surface area contributed by atoms with E-state index in [9.17, 15) is 18.4 Å². The van der Waals surface area contributed by atoms with Gasteiger partial charge in [-0.1, -0.05) is 6.07 Å². The van der Waals surface area contributed by atoms with Crippen molar-refractivity contribution < 1.29 is 18.4 Å². The highest BCUT2D eigenvalue weighted by atomic mass is 19.1. The highest BCUT2D eigenvalue weighted by molar-refractivity contribution is 5.76. The van der Waals surface area contributed by atoms with Gasteiger partial charge in [0.2, 0.25) is 11.9 Å². The standard InChI is InChI=1S/C19H23F2N7O3/c1-11-7-25-17(23-5-4-12-2-3-13(20)6-15(12)21)18(30)28(11)10-16(29)24-8-14-9-26-19(22)27-31-14/h2-3,6-7,14H,4-5,8-10H2,1H3,(H,23,25)(H,24,29)(H3,22,26,27). The Morgan fingerprint density at radius 2 is 2.23 bits per heavy atom. The first-order valence-corrected chi connectivity index (χ1v) is 9.58. The second-order valence-electron chi connectivity index (χ2n) is 6.95. The zero-order valence-corrected chi connectivity index (χ0v) is 16.8. The summed E-state index contributed by atoms with van der Waals surface area (Å²) < 4.78 is 28.0. The van der Waals surface area contributed by atoms with E-state index in [1.165, 1.54) is 22.9 Å². The van der Waals surface area contributed by atoms with Gasteiger partial charge in [0.1, 0.15) is 24.3 Å². The van der Waals surface area contributed by atoms with E-state index in [0.717, 1.165) is 6.07 Å². The number of rotatable bonds is 8. The normalized spacial score (nSPS) is 15.7. The van der Waals surface area contributed by atoms with Gasteiger partial charge in [0.05, 0.1) is 0 Å². The average molecular weight is 435 g/mol. The quantitative estimate of drug-likeness (QED) is 0.395. The van der Waals surface area contributed by atoms with Crippen LogP contribution in [0.1, 0.15) is 11.3 Å². The van der Waals surface area contributed by atoms with Gasteiger partial charge in [0, 0.05) is 37.6 Å². The molecular weight excluding hydrogens is 412 g/mol. The molecule has 12 heteroatoms. The Labute approximate surface area is 176 Å². The molecule has 0 spiro atoms. The number of amides is 1. The summed E-state index contributed by atoms with van der Waals surface area (Å²) in [5, 5.41) is 15.6. The molecule has 0 bridgehead atoms. The predicted octanol–water partition coefficient (Wildman–Crippen LogP) is 0.0285. The maximum absolute atomic E-state index is 13.7. The van der Waals surface area contributed by atoms with Crippen LogP contribution in [0.3, 0.4) is 0 Å². The van der Waals surface area contributed by atoms with Gasteiger partial charge in [-0.15, -0.1) is 0 Å². The Hall–Kier alpha value is -3.54. The third-order valence-corrected chi connectivity index (χ3v) is 4.62. The maximum Gasteiger partial charge on any atom is 0.293 e. The van der Waals surface area contributed by atoms with Gasteiger partial charge in [-0.2, -0.15) is 0 Å². The summed E-state index contributed by atoms with van der Waals surface area (Å²) in [7, 11) is 0. The topological polar surface area (TPSA) is 133 Å². The summed E-state index contributed by atoms with van der Waals surface area (Å²) in [5.41, 5.74) is 2.70. The van der Waals surface area contributed by atoms with E-state index in [1.54, 1.807) is 6.92 Å². The van der Waals surface area contributed by atoms with Gasteiger partial charge in [-0.05, 0) is 25.0 Å². The zero-order valence-electron chi connectivity index (χ0n) is 16.8. The fraction of sp³-hybridized carbons (Fsp3) is 0.368. The van der Waals surface area contributed by atoms with Crippen molar-refractivity contribution in [3.63, 3.8) is 0 Å². The molecule has 2 aromatic rings. The van der Waals surface area contributed by atoms with Gasteiger partial charge < -0.3 is 16.0 Å². The number of hydrogen-bond donors (Lipinski definition) is 5. The Morgan fingerprint density at radius 3 is 2.94 bits per heavy atom. The van der Waals surface area contributed by atoms with Crippen LogP contribution in [0, 0.1) is 24.0 Å². The van der Waals surface area contributed by atoms with E-state index < -0.39 is 17.2 Å². The molecule has 1 amide bonds. The number of hydrogen-bond acceptors (Lipinski definition) is 6. The molecule has 1 unspecified atom stereocenters. The van der Waals surface area contributed by atoms with Crippen LogP contribution in [0.2, 0.25) is 0 Å². The highest BCUT2D eigenvalue weighted by Gasteiger charge is 2.18. The van der Waals surface area contributed by atoms with E-state index in [0.29, 0.717) is 17.8 Å². The first-order chi connectivity index (χ1) is 14.8. The minimum atomic E-state index is -0.656. The molecule has 0 radical (unpaired) electrons. The van der Waals surface area contributed by atoms with Crippen molar-refractivity contribution in [1.82, 2.24) is 25.7 Å². The van der Waals surface area contributed by atoms with Crippen molar-refractivity contribution in [3.8, 4) is 0 Å². The van der Waals surface area contributed by atoms with Crippen LogP contribution in [-0.4, -0.2) is 47.2 Å². The molecule has 2 heterocycles. The molecular formula is C19H23F2N7O3. The number of nitrogens with zero attached hydrogens (tertiary/aromatic N) is 2. The number of anilines is 1. The van der Waals surface area contributed by atoms with E-state index >= 15 is 0 Å². The number of nitrogens with one attached hydrogen (secondary N) is 5. The third kappa shape index (κ3) is 5.98. The number of guanidine groups is 1. The van der Waals surface area contributed by atoms with Gasteiger partial charge in [0.25, 0.3) is 5.56 Å². The molecule has 1 fully saturated rings. The first-order valence-electron chi connectivity index (χ1n) is 9.58. The lowest BCUT2D eigenvalue weighted by atomic mass is 10.1. The number of carbonyl (C=O) groups is 1. The van der Waals surface area contributed by atoms with Crippen molar-refractivity contribution >= 4 is 17.7 Å². The Bertz CT molecular complexity index is 1020. The van der Waals surface area contributed by atoms with Crippen molar-refractivity contribution in [2.75, 3.05) is 25.0 Å². The van der Waals surface area contributed by atoms with Crippen LogP contribution >= 0.6 is 0 Å². The SMILES string of the molecule is Cc1cnc(NCCc2ccc(F)cc2F)c(=O)n1CC(=O)NCC1CNC(=N)NO1. The van der Waals surface area contributed by atoms with Crippen molar-refractivity contribution in [2.24, 2.45) is 0 Å². The number of benzene rings is 1. The minimum Gasteiger partial charge on any atom is -0.365 e. The fourth-order valence-electron chi connectivity index (χ4n) is 2.91. The van der Waals surface area contributed by atoms with Crippen LogP contribution in [0.4, 0.5) is 14.6 Å². The first kappa shape index (κ1) is 22.2. The van der Waals surface area contributed by atoms with Crippen molar-refractivity contribution in [1.29, 1.82) is 5.41 Å².